The van der Waals surface area contributed by atoms with Crippen molar-refractivity contribution < 1.29 is 19.1 Å². The third-order valence-corrected chi connectivity index (χ3v) is 7.44. The molecule has 0 saturated heterocycles. The molecule has 0 fully saturated rings. The van der Waals surface area contributed by atoms with Gasteiger partial charge in [-0.05, 0) is 60.4 Å². The van der Waals surface area contributed by atoms with Crippen molar-refractivity contribution in [2.24, 2.45) is 16.3 Å². The fourth-order valence-corrected chi connectivity index (χ4v) is 5.51. The molecule has 1 aliphatic carbocycles. The van der Waals surface area contributed by atoms with Gasteiger partial charge in [-0.3, -0.25) is 4.79 Å². The number of methoxy groups -OCH3 is 1. The molecule has 2 heterocycles. The maximum Gasteiger partial charge on any atom is 0.255 e. The molecule has 0 spiro atoms. The Morgan fingerprint density at radius 2 is 2.15 bits per heavy atom. The third kappa shape index (κ3) is 4.98. The first-order valence-corrected chi connectivity index (χ1v) is 11.9. The van der Waals surface area contributed by atoms with E-state index in [2.05, 4.69) is 31.1 Å². The molecule has 1 aromatic carbocycles. The number of hydrogen-bond acceptors (Lipinski definition) is 6. The maximum absolute atomic E-state index is 13.3. The molecule has 1 atom stereocenters. The predicted octanol–water partition coefficient (Wildman–Crippen LogP) is 5.89. The molecule has 6 nitrogen and oxygen atoms in total. The zero-order chi connectivity index (χ0) is 23.6. The Morgan fingerprint density at radius 1 is 1.33 bits per heavy atom. The van der Waals surface area contributed by atoms with Crippen LogP contribution < -0.4 is 10.1 Å². The zero-order valence-electron chi connectivity index (χ0n) is 19.5. The van der Waals surface area contributed by atoms with Gasteiger partial charge in [0.2, 0.25) is 0 Å². The molecule has 33 heavy (non-hydrogen) atoms. The van der Waals surface area contributed by atoms with Crippen LogP contribution in [0, 0.1) is 11.3 Å². The minimum atomic E-state index is -0.153. The van der Waals surface area contributed by atoms with E-state index in [4.69, 9.17) is 9.15 Å². The van der Waals surface area contributed by atoms with E-state index in [0.717, 1.165) is 24.8 Å². The molecule has 1 amide bonds. The molecule has 0 saturated carbocycles. The average Bonchev–Trinajstić information content (AvgIpc) is 3.43. The number of benzene rings is 1. The molecule has 2 aromatic heterocycles. The lowest BCUT2D eigenvalue weighted by atomic mass is 9.72. The van der Waals surface area contributed by atoms with Crippen molar-refractivity contribution in [3.8, 4) is 11.5 Å². The quantitative estimate of drug-likeness (QED) is 0.444. The molecule has 3 aromatic rings. The van der Waals surface area contributed by atoms with Gasteiger partial charge in [-0.15, -0.1) is 11.3 Å². The number of para-hydroxylation sites is 1. The van der Waals surface area contributed by atoms with Crippen LogP contribution in [0.5, 0.6) is 11.5 Å². The number of nitrogens with zero attached hydrogens (tertiary/aromatic N) is 1. The lowest BCUT2D eigenvalue weighted by Gasteiger charge is -2.33. The average molecular weight is 467 g/mol. The molecular formula is C26H30N2O4S. The molecule has 174 valence electrons. The van der Waals surface area contributed by atoms with Crippen molar-refractivity contribution in [1.82, 2.24) is 5.32 Å². The lowest BCUT2D eigenvalue weighted by Crippen LogP contribution is -2.28. The van der Waals surface area contributed by atoms with Gasteiger partial charge in [0, 0.05) is 16.7 Å². The van der Waals surface area contributed by atoms with Crippen LogP contribution in [-0.2, 0) is 19.4 Å². The first-order chi connectivity index (χ1) is 15.8. The maximum atomic E-state index is 13.3. The first kappa shape index (κ1) is 23.1. The number of aromatic hydroxyl groups is 1. The highest BCUT2D eigenvalue weighted by Gasteiger charge is 2.33. The second-order valence-corrected chi connectivity index (χ2v) is 10.5. The Hall–Kier alpha value is -3.06. The fraction of sp³-hybridized carbons (Fsp3) is 0.385. The van der Waals surface area contributed by atoms with Crippen LogP contribution in [0.1, 0.15) is 59.3 Å². The number of phenols is 1. The van der Waals surface area contributed by atoms with E-state index in [1.54, 1.807) is 48.1 Å². The highest BCUT2D eigenvalue weighted by molar-refractivity contribution is 7.16. The summed E-state index contributed by atoms with van der Waals surface area (Å²) in [5.41, 5.74) is 2.47. The van der Waals surface area contributed by atoms with Crippen LogP contribution >= 0.6 is 11.3 Å². The van der Waals surface area contributed by atoms with Crippen LogP contribution in [-0.4, -0.2) is 24.3 Å². The summed E-state index contributed by atoms with van der Waals surface area (Å²) < 4.78 is 10.5. The third-order valence-electron chi connectivity index (χ3n) is 6.27. The molecular weight excluding hydrogens is 436 g/mol. The van der Waals surface area contributed by atoms with Gasteiger partial charge in [0.15, 0.2) is 11.5 Å². The summed E-state index contributed by atoms with van der Waals surface area (Å²) in [6, 6.07) is 8.89. The summed E-state index contributed by atoms with van der Waals surface area (Å²) in [5.74, 6) is 1.52. The van der Waals surface area contributed by atoms with Crippen molar-refractivity contribution >= 4 is 28.5 Å². The van der Waals surface area contributed by atoms with Gasteiger partial charge in [0.25, 0.3) is 5.91 Å². The fourth-order valence-electron chi connectivity index (χ4n) is 4.24. The SMILES string of the molecule is COc1cccc(C=Nc2sc3c(c2C(=O)NCc2ccco2)CC[C@@H](C(C)(C)C)C3)c1O. The summed E-state index contributed by atoms with van der Waals surface area (Å²) in [5, 5.41) is 14.1. The summed E-state index contributed by atoms with van der Waals surface area (Å²) in [4.78, 5) is 19.2. The first-order valence-electron chi connectivity index (χ1n) is 11.1. The normalized spacial score (nSPS) is 16.1. The molecule has 1 aliphatic rings. The van der Waals surface area contributed by atoms with E-state index >= 15 is 0 Å². The van der Waals surface area contributed by atoms with Gasteiger partial charge in [0.1, 0.15) is 10.8 Å². The van der Waals surface area contributed by atoms with Crippen molar-refractivity contribution in [3.05, 3.63) is 63.9 Å². The standard InChI is InChI=1S/C26H30N2O4S/c1-26(2,3)17-10-11-19-21(13-17)33-25(22(19)24(30)27-15-18-8-6-12-32-18)28-14-16-7-5-9-20(31-4)23(16)29/h5-9,12,14,17,29H,10-11,13,15H2,1-4H3,(H,27,30)/t17-/m1/s1. The largest absolute Gasteiger partial charge is 0.504 e. The van der Waals surface area contributed by atoms with Crippen LogP contribution in [0.4, 0.5) is 5.00 Å². The molecule has 7 heteroatoms. The Bertz CT molecular complexity index is 1160. The molecule has 0 aliphatic heterocycles. The number of thiophene rings is 1. The Morgan fingerprint density at radius 3 is 2.85 bits per heavy atom. The second-order valence-electron chi connectivity index (χ2n) is 9.41. The molecule has 0 unspecified atom stereocenters. The lowest BCUT2D eigenvalue weighted by molar-refractivity contribution is 0.0947. The van der Waals surface area contributed by atoms with Gasteiger partial charge in [-0.1, -0.05) is 26.8 Å². The monoisotopic (exact) mass is 466 g/mol. The zero-order valence-corrected chi connectivity index (χ0v) is 20.3. The Balaban J connectivity index is 1.68. The molecule has 0 radical (unpaired) electrons. The van der Waals surface area contributed by atoms with Crippen molar-refractivity contribution in [3.63, 3.8) is 0 Å². The number of aliphatic imine (C=N–C) groups is 1. The predicted molar refractivity (Wildman–Crippen MR) is 131 cm³/mol. The molecule has 0 bridgehead atoms. The molecule has 2 N–H and O–H groups in total. The van der Waals surface area contributed by atoms with Crippen LogP contribution in [0.3, 0.4) is 0 Å². The van der Waals surface area contributed by atoms with Crippen molar-refractivity contribution in [2.45, 2.75) is 46.6 Å². The van der Waals surface area contributed by atoms with Crippen molar-refractivity contribution in [1.29, 1.82) is 0 Å². The number of amides is 1. The van der Waals surface area contributed by atoms with Gasteiger partial charge in [-0.25, -0.2) is 4.99 Å². The minimum absolute atomic E-state index is 0.0293. The minimum Gasteiger partial charge on any atom is -0.504 e. The highest BCUT2D eigenvalue weighted by atomic mass is 32.1. The van der Waals surface area contributed by atoms with Crippen molar-refractivity contribution in [2.75, 3.05) is 7.11 Å². The number of phenolic OH excluding ortho intramolecular Hbond substituents is 1. The number of rotatable bonds is 6. The van der Waals surface area contributed by atoms with E-state index in [9.17, 15) is 9.90 Å². The summed E-state index contributed by atoms with van der Waals surface area (Å²) in [7, 11) is 1.51. The highest BCUT2D eigenvalue weighted by Crippen LogP contribution is 2.45. The Kier molecular flexibility index (Phi) is 6.61. The van der Waals surface area contributed by atoms with E-state index in [-0.39, 0.29) is 17.1 Å². The number of nitrogens with one attached hydrogen (secondary N) is 1. The number of fused-ring (bicyclic) bond motifs is 1. The second kappa shape index (κ2) is 9.43. The number of carbonyl (C=O) groups excluding carboxylic acids is 1. The number of furan rings is 1. The smallest absolute Gasteiger partial charge is 0.255 e. The van der Waals surface area contributed by atoms with Gasteiger partial charge in [-0.2, -0.15) is 0 Å². The van der Waals surface area contributed by atoms with E-state index in [1.165, 1.54) is 12.0 Å². The van der Waals surface area contributed by atoms with E-state index < -0.39 is 0 Å². The number of hydrogen-bond donors (Lipinski definition) is 2. The number of ether oxygens (including phenoxy) is 1. The van der Waals surface area contributed by atoms with E-state index in [1.807, 2.05) is 6.07 Å². The van der Waals surface area contributed by atoms with Gasteiger partial charge < -0.3 is 19.6 Å². The summed E-state index contributed by atoms with van der Waals surface area (Å²) >= 11 is 1.57. The summed E-state index contributed by atoms with van der Waals surface area (Å²) in [6.45, 7) is 7.15. The van der Waals surface area contributed by atoms with E-state index in [0.29, 0.717) is 40.1 Å². The van der Waals surface area contributed by atoms with Gasteiger partial charge in [0.05, 0.1) is 25.5 Å². The molecule has 4 rings (SSSR count). The summed E-state index contributed by atoms with van der Waals surface area (Å²) in [6.07, 6.45) is 6.04. The topological polar surface area (TPSA) is 84.1 Å². The van der Waals surface area contributed by atoms with Crippen LogP contribution in [0.25, 0.3) is 0 Å². The number of carbonyl (C=O) groups is 1. The van der Waals surface area contributed by atoms with Crippen LogP contribution in [0.2, 0.25) is 0 Å². The van der Waals surface area contributed by atoms with Gasteiger partial charge >= 0.3 is 0 Å². The van der Waals surface area contributed by atoms with Crippen LogP contribution in [0.15, 0.2) is 46.0 Å². The Labute approximate surface area is 198 Å².